The Morgan fingerprint density at radius 2 is 1.83 bits per heavy atom. The number of anilines is 1. The van der Waals surface area contributed by atoms with Crippen molar-refractivity contribution in [2.24, 2.45) is 0 Å². The van der Waals surface area contributed by atoms with Crippen LogP contribution in [-0.2, 0) is 16.4 Å². The highest BCUT2D eigenvalue weighted by Gasteiger charge is 2.32. The van der Waals surface area contributed by atoms with E-state index >= 15 is 0 Å². The van der Waals surface area contributed by atoms with Crippen LogP contribution in [0.1, 0.15) is 24.5 Å². The predicted molar refractivity (Wildman–Crippen MR) is 119 cm³/mol. The molecule has 1 fully saturated rings. The van der Waals surface area contributed by atoms with Gasteiger partial charge in [0.1, 0.15) is 4.21 Å². The number of rotatable bonds is 5. The van der Waals surface area contributed by atoms with Gasteiger partial charge < -0.3 is 4.90 Å². The van der Waals surface area contributed by atoms with Crippen LogP contribution in [0.3, 0.4) is 0 Å². The zero-order valence-corrected chi connectivity index (χ0v) is 18.8. The van der Waals surface area contributed by atoms with Gasteiger partial charge in [-0.2, -0.15) is 4.31 Å². The van der Waals surface area contributed by atoms with E-state index in [1.54, 1.807) is 10.4 Å². The van der Waals surface area contributed by atoms with Gasteiger partial charge in [-0.05, 0) is 48.1 Å². The van der Waals surface area contributed by atoms with Gasteiger partial charge in [0.2, 0.25) is 5.95 Å². The van der Waals surface area contributed by atoms with Gasteiger partial charge in [0.15, 0.2) is 0 Å². The van der Waals surface area contributed by atoms with Gasteiger partial charge in [0.05, 0.1) is 0 Å². The summed E-state index contributed by atoms with van der Waals surface area (Å²) in [5.74, 6) is 0.662. The van der Waals surface area contributed by atoms with Crippen LogP contribution < -0.4 is 4.90 Å². The number of piperazine rings is 1. The number of aromatic nitrogens is 2. The minimum atomic E-state index is -3.55. The molecule has 2 aromatic heterocycles. The summed E-state index contributed by atoms with van der Waals surface area (Å²) < 4.78 is 29.5. The van der Waals surface area contributed by atoms with E-state index in [-0.39, 0.29) is 0 Å². The Kier molecular flexibility index (Phi) is 5.79. The quantitative estimate of drug-likeness (QED) is 0.585. The largest absolute Gasteiger partial charge is 0.338 e. The first kappa shape index (κ1) is 20.5. The number of benzene rings is 1. The van der Waals surface area contributed by atoms with Crippen LogP contribution in [0.5, 0.6) is 0 Å². The van der Waals surface area contributed by atoms with Gasteiger partial charge in [-0.25, -0.2) is 18.4 Å². The maximum Gasteiger partial charge on any atom is 0.252 e. The molecule has 4 rings (SSSR count). The van der Waals surface area contributed by atoms with Gasteiger partial charge in [-0.15, -0.1) is 11.3 Å². The van der Waals surface area contributed by atoms with E-state index in [1.165, 1.54) is 11.3 Å². The molecule has 29 heavy (non-hydrogen) atoms. The number of hydrogen-bond donors (Lipinski definition) is 0. The molecule has 0 N–H and O–H groups in total. The zero-order chi connectivity index (χ0) is 20.6. The summed E-state index contributed by atoms with van der Waals surface area (Å²) in [4.78, 5) is 10.9. The molecule has 9 heteroatoms. The molecule has 0 atom stereocenters. The van der Waals surface area contributed by atoms with Crippen molar-refractivity contribution in [2.75, 3.05) is 31.1 Å². The highest BCUT2D eigenvalue weighted by Crippen LogP contribution is 2.37. The third-order valence-electron chi connectivity index (χ3n) is 5.18. The van der Waals surface area contributed by atoms with Crippen molar-refractivity contribution >= 4 is 49.0 Å². The summed E-state index contributed by atoms with van der Waals surface area (Å²) in [5, 5.41) is 1.51. The summed E-state index contributed by atoms with van der Waals surface area (Å²) in [6.07, 6.45) is 5.75. The van der Waals surface area contributed by atoms with E-state index < -0.39 is 10.0 Å². The zero-order valence-electron chi connectivity index (χ0n) is 16.4. The number of hydrogen-bond acceptors (Lipinski definition) is 6. The summed E-state index contributed by atoms with van der Waals surface area (Å²) in [5.41, 5.74) is 1.89. The average molecular weight is 451 g/mol. The molecule has 3 heterocycles. The molecule has 1 saturated heterocycles. The lowest BCUT2D eigenvalue weighted by Crippen LogP contribution is -2.49. The molecule has 0 unspecified atom stereocenters. The van der Waals surface area contributed by atoms with Crippen molar-refractivity contribution in [2.45, 2.75) is 30.9 Å². The molecular weight excluding hydrogens is 428 g/mol. The fourth-order valence-corrected chi connectivity index (χ4v) is 7.07. The van der Waals surface area contributed by atoms with Gasteiger partial charge in [0.25, 0.3) is 10.0 Å². The second-order valence-corrected chi connectivity index (χ2v) is 10.8. The lowest BCUT2D eigenvalue weighted by molar-refractivity contribution is 0.383. The van der Waals surface area contributed by atoms with E-state index in [4.69, 9.17) is 11.6 Å². The Balaban J connectivity index is 1.51. The molecule has 0 radical (unpaired) electrons. The molecular formula is C20H23ClN4O2S2. The molecule has 1 aliphatic heterocycles. The van der Waals surface area contributed by atoms with E-state index in [2.05, 4.69) is 16.9 Å². The maximum atomic E-state index is 13.3. The van der Waals surface area contributed by atoms with Gasteiger partial charge in [-0.1, -0.05) is 24.9 Å². The molecule has 1 aliphatic rings. The number of aryl methyl sites for hydroxylation is 2. The Bertz CT molecular complexity index is 1120. The van der Waals surface area contributed by atoms with E-state index in [9.17, 15) is 8.42 Å². The maximum absolute atomic E-state index is 13.3. The minimum Gasteiger partial charge on any atom is -0.338 e. The Morgan fingerprint density at radius 3 is 2.48 bits per heavy atom. The highest BCUT2D eigenvalue weighted by molar-refractivity contribution is 7.91. The summed E-state index contributed by atoms with van der Waals surface area (Å²) in [6.45, 7) is 5.95. The standard InChI is InChI=1S/C20H23ClN4O2S2/c1-3-4-15-12-22-20(23-13-15)24-7-9-25(10-8-24)29(26,27)19-14(2)17-11-16(21)5-6-18(17)28-19/h5-6,11-13H,3-4,7-10H2,1-2H3. The SMILES string of the molecule is CCCc1cnc(N2CCN(S(=O)(=O)c3sc4ccc(Cl)cc4c3C)CC2)nc1. The van der Waals surface area contributed by atoms with Crippen molar-refractivity contribution in [1.82, 2.24) is 14.3 Å². The summed E-state index contributed by atoms with van der Waals surface area (Å²) in [7, 11) is -3.55. The molecule has 3 aromatic rings. The van der Waals surface area contributed by atoms with Gasteiger partial charge in [-0.3, -0.25) is 0 Å². The normalized spacial score (nSPS) is 15.9. The second kappa shape index (κ2) is 8.18. The fourth-order valence-electron chi connectivity index (χ4n) is 3.59. The molecule has 0 bridgehead atoms. The smallest absolute Gasteiger partial charge is 0.252 e. The molecule has 0 saturated carbocycles. The monoisotopic (exact) mass is 450 g/mol. The van der Waals surface area contributed by atoms with Gasteiger partial charge in [0, 0.05) is 48.3 Å². The van der Waals surface area contributed by atoms with E-state index in [0.717, 1.165) is 34.1 Å². The van der Waals surface area contributed by atoms with Crippen LogP contribution in [0, 0.1) is 6.92 Å². The van der Waals surface area contributed by atoms with Crippen LogP contribution in [0.25, 0.3) is 10.1 Å². The first-order valence-corrected chi connectivity index (χ1v) is 12.3. The number of nitrogens with zero attached hydrogens (tertiary/aromatic N) is 4. The van der Waals surface area contributed by atoms with Crippen molar-refractivity contribution in [3.63, 3.8) is 0 Å². The van der Waals surface area contributed by atoms with Crippen LogP contribution in [-0.4, -0.2) is 48.9 Å². The van der Waals surface area contributed by atoms with E-state index in [1.807, 2.05) is 36.4 Å². The highest BCUT2D eigenvalue weighted by atomic mass is 35.5. The van der Waals surface area contributed by atoms with Crippen LogP contribution >= 0.6 is 22.9 Å². The predicted octanol–water partition coefficient (Wildman–Crippen LogP) is 4.12. The van der Waals surface area contributed by atoms with Crippen molar-refractivity contribution in [3.05, 3.63) is 46.7 Å². The Morgan fingerprint density at radius 1 is 1.14 bits per heavy atom. The van der Waals surface area contributed by atoms with E-state index in [0.29, 0.717) is 41.4 Å². The first-order chi connectivity index (χ1) is 13.9. The molecule has 1 aromatic carbocycles. The van der Waals surface area contributed by atoms with Crippen molar-refractivity contribution in [1.29, 1.82) is 0 Å². The third-order valence-corrected chi connectivity index (χ3v) is 9.18. The van der Waals surface area contributed by atoms with Crippen LogP contribution in [0.15, 0.2) is 34.8 Å². The van der Waals surface area contributed by atoms with Crippen LogP contribution in [0.2, 0.25) is 5.02 Å². The number of fused-ring (bicyclic) bond motifs is 1. The lowest BCUT2D eigenvalue weighted by atomic mass is 10.2. The summed E-state index contributed by atoms with van der Waals surface area (Å²) >= 11 is 7.40. The Labute approximate surface area is 180 Å². The molecule has 0 aliphatic carbocycles. The first-order valence-electron chi connectivity index (χ1n) is 9.65. The molecule has 6 nitrogen and oxygen atoms in total. The Hall–Kier alpha value is -1.74. The minimum absolute atomic E-state index is 0.406. The topological polar surface area (TPSA) is 66.4 Å². The van der Waals surface area contributed by atoms with Gasteiger partial charge >= 0.3 is 0 Å². The van der Waals surface area contributed by atoms with Crippen molar-refractivity contribution < 1.29 is 8.42 Å². The van der Waals surface area contributed by atoms with Crippen LogP contribution in [0.4, 0.5) is 5.95 Å². The number of halogens is 1. The fraction of sp³-hybridized carbons (Fsp3) is 0.400. The molecule has 0 spiro atoms. The lowest BCUT2D eigenvalue weighted by Gasteiger charge is -2.33. The summed E-state index contributed by atoms with van der Waals surface area (Å²) in [6, 6.07) is 5.51. The number of thiophene rings is 1. The average Bonchev–Trinajstić information content (AvgIpc) is 3.06. The second-order valence-electron chi connectivity index (χ2n) is 7.19. The number of sulfonamides is 1. The molecule has 0 amide bonds. The van der Waals surface area contributed by atoms with Crippen molar-refractivity contribution in [3.8, 4) is 0 Å². The molecule has 154 valence electrons. The third kappa shape index (κ3) is 3.99.